The molecular formula is C18H23Cl2N3. The summed E-state index contributed by atoms with van der Waals surface area (Å²) in [5.41, 5.74) is 10.2. The third kappa shape index (κ3) is 4.18. The minimum absolute atomic E-state index is 0. The number of hydrogen-bond acceptors (Lipinski definition) is 2. The van der Waals surface area contributed by atoms with Gasteiger partial charge in [-0.2, -0.15) is 0 Å². The van der Waals surface area contributed by atoms with Crippen LogP contribution in [0, 0.1) is 0 Å². The van der Waals surface area contributed by atoms with E-state index in [4.69, 9.17) is 10.7 Å². The van der Waals surface area contributed by atoms with E-state index in [2.05, 4.69) is 54.8 Å². The van der Waals surface area contributed by atoms with E-state index in [1.165, 1.54) is 11.1 Å². The molecule has 3 rings (SSSR count). The number of nitrogens with zero attached hydrogens (tertiary/aromatic N) is 2. The first kappa shape index (κ1) is 19.3. The highest BCUT2D eigenvalue weighted by molar-refractivity contribution is 5.85. The van der Waals surface area contributed by atoms with E-state index in [0.717, 1.165) is 30.0 Å². The second-order valence-electron chi connectivity index (χ2n) is 5.76. The van der Waals surface area contributed by atoms with Gasteiger partial charge in [-0.05, 0) is 30.2 Å². The lowest BCUT2D eigenvalue weighted by molar-refractivity contribution is 0.634. The first-order valence-corrected chi connectivity index (χ1v) is 7.44. The van der Waals surface area contributed by atoms with Crippen molar-refractivity contribution in [2.45, 2.75) is 32.7 Å². The van der Waals surface area contributed by atoms with E-state index in [0.29, 0.717) is 5.92 Å². The summed E-state index contributed by atoms with van der Waals surface area (Å²) in [5, 5.41) is 0. The summed E-state index contributed by atoms with van der Waals surface area (Å²) in [6.07, 6.45) is 1.01. The van der Waals surface area contributed by atoms with Crippen molar-refractivity contribution in [3.8, 4) is 0 Å². The Morgan fingerprint density at radius 2 is 1.74 bits per heavy atom. The average molecular weight is 352 g/mol. The number of imidazole rings is 1. The predicted octanol–water partition coefficient (Wildman–Crippen LogP) is 4.83. The molecule has 23 heavy (non-hydrogen) atoms. The monoisotopic (exact) mass is 351 g/mol. The van der Waals surface area contributed by atoms with Crippen molar-refractivity contribution < 1.29 is 0 Å². The highest BCUT2D eigenvalue weighted by atomic mass is 35.5. The third-order valence-corrected chi connectivity index (χ3v) is 3.79. The number of aryl methyl sites for hydroxylation is 2. The van der Waals surface area contributed by atoms with Gasteiger partial charge in [-0.15, -0.1) is 24.8 Å². The van der Waals surface area contributed by atoms with Crippen molar-refractivity contribution in [3.05, 3.63) is 59.9 Å². The predicted molar refractivity (Wildman–Crippen MR) is 103 cm³/mol. The van der Waals surface area contributed by atoms with Gasteiger partial charge in [0.15, 0.2) is 0 Å². The second kappa shape index (κ2) is 8.23. The first-order valence-electron chi connectivity index (χ1n) is 7.44. The summed E-state index contributed by atoms with van der Waals surface area (Å²) >= 11 is 0. The quantitative estimate of drug-likeness (QED) is 0.684. The van der Waals surface area contributed by atoms with Gasteiger partial charge >= 0.3 is 0 Å². The van der Waals surface area contributed by atoms with Gasteiger partial charge in [0.1, 0.15) is 5.82 Å². The summed E-state index contributed by atoms with van der Waals surface area (Å²) in [6.45, 7) is 5.31. The molecule has 3 aromatic rings. The molecule has 5 heteroatoms. The minimum Gasteiger partial charge on any atom is -0.399 e. The molecule has 0 saturated carbocycles. The van der Waals surface area contributed by atoms with Crippen molar-refractivity contribution >= 4 is 41.5 Å². The van der Waals surface area contributed by atoms with Crippen LogP contribution in [0.1, 0.15) is 31.2 Å². The molecule has 0 radical (unpaired) electrons. The number of hydrogen-bond donors (Lipinski definition) is 1. The van der Waals surface area contributed by atoms with Crippen molar-refractivity contribution in [3.63, 3.8) is 0 Å². The minimum atomic E-state index is 0. The molecule has 0 bridgehead atoms. The van der Waals surface area contributed by atoms with Gasteiger partial charge in [-0.3, -0.25) is 0 Å². The number of aromatic nitrogens is 2. The number of anilines is 1. The van der Waals surface area contributed by atoms with E-state index in [1.54, 1.807) is 0 Å². The Bertz CT molecular complexity index is 752. The summed E-state index contributed by atoms with van der Waals surface area (Å²) in [5.74, 6) is 1.53. The van der Waals surface area contributed by atoms with E-state index in [1.807, 2.05) is 12.1 Å². The Morgan fingerprint density at radius 1 is 1.04 bits per heavy atom. The van der Waals surface area contributed by atoms with Gasteiger partial charge in [0.2, 0.25) is 0 Å². The Kier molecular flexibility index (Phi) is 6.92. The van der Waals surface area contributed by atoms with Crippen LogP contribution >= 0.6 is 24.8 Å². The molecule has 0 spiro atoms. The summed E-state index contributed by atoms with van der Waals surface area (Å²) < 4.78 is 2.33. The van der Waals surface area contributed by atoms with E-state index in [-0.39, 0.29) is 24.8 Å². The maximum atomic E-state index is 5.88. The summed E-state index contributed by atoms with van der Waals surface area (Å²) in [7, 11) is 0. The number of benzene rings is 2. The molecular weight excluding hydrogens is 329 g/mol. The van der Waals surface area contributed by atoms with Crippen LogP contribution in [-0.2, 0) is 13.0 Å². The molecule has 0 saturated heterocycles. The van der Waals surface area contributed by atoms with Gasteiger partial charge in [0.25, 0.3) is 0 Å². The van der Waals surface area contributed by atoms with Crippen LogP contribution in [0.2, 0.25) is 0 Å². The largest absolute Gasteiger partial charge is 0.399 e. The van der Waals surface area contributed by atoms with Crippen LogP contribution in [0.5, 0.6) is 0 Å². The SMILES string of the molecule is CC(C)c1nc2cc(N)ccc2n1CCc1ccccc1.Cl.Cl. The molecule has 0 aliphatic rings. The molecule has 0 aliphatic carbocycles. The number of fused-ring (bicyclic) bond motifs is 1. The molecule has 124 valence electrons. The fourth-order valence-corrected chi connectivity index (χ4v) is 2.73. The second-order valence-corrected chi connectivity index (χ2v) is 5.76. The summed E-state index contributed by atoms with van der Waals surface area (Å²) in [6, 6.07) is 16.6. The number of halogens is 2. The lowest BCUT2D eigenvalue weighted by Crippen LogP contribution is -2.07. The number of nitrogen functional groups attached to an aromatic ring is 1. The highest BCUT2D eigenvalue weighted by Crippen LogP contribution is 2.24. The average Bonchev–Trinajstić information content (AvgIpc) is 2.84. The maximum absolute atomic E-state index is 5.88. The maximum Gasteiger partial charge on any atom is 0.112 e. The van der Waals surface area contributed by atoms with Gasteiger partial charge in [0.05, 0.1) is 11.0 Å². The van der Waals surface area contributed by atoms with Gasteiger partial charge in [0, 0.05) is 18.2 Å². The third-order valence-electron chi connectivity index (χ3n) is 3.79. The standard InChI is InChI=1S/C18H21N3.2ClH/c1-13(2)18-20-16-12-15(19)8-9-17(16)21(18)11-10-14-6-4-3-5-7-14;;/h3-9,12-13H,10-11,19H2,1-2H3;2*1H. The molecule has 0 unspecified atom stereocenters. The van der Waals surface area contributed by atoms with Crippen LogP contribution in [0.4, 0.5) is 5.69 Å². The van der Waals surface area contributed by atoms with Crippen LogP contribution in [0.25, 0.3) is 11.0 Å². The molecule has 1 heterocycles. The zero-order chi connectivity index (χ0) is 14.8. The van der Waals surface area contributed by atoms with Crippen LogP contribution < -0.4 is 5.73 Å². The Balaban J connectivity index is 0.00000132. The zero-order valence-corrected chi connectivity index (χ0v) is 15.0. The zero-order valence-electron chi connectivity index (χ0n) is 13.4. The highest BCUT2D eigenvalue weighted by Gasteiger charge is 2.13. The molecule has 0 aliphatic heterocycles. The van der Waals surface area contributed by atoms with Crippen molar-refractivity contribution in [2.24, 2.45) is 0 Å². The van der Waals surface area contributed by atoms with Crippen molar-refractivity contribution in [1.82, 2.24) is 9.55 Å². The van der Waals surface area contributed by atoms with Gasteiger partial charge < -0.3 is 10.3 Å². The van der Waals surface area contributed by atoms with Crippen molar-refractivity contribution in [2.75, 3.05) is 5.73 Å². The molecule has 0 atom stereocenters. The lowest BCUT2D eigenvalue weighted by Gasteiger charge is -2.11. The van der Waals surface area contributed by atoms with Gasteiger partial charge in [-0.25, -0.2) is 4.98 Å². The molecule has 0 amide bonds. The van der Waals surface area contributed by atoms with Gasteiger partial charge in [-0.1, -0.05) is 44.2 Å². The van der Waals surface area contributed by atoms with E-state index in [9.17, 15) is 0 Å². The summed E-state index contributed by atoms with van der Waals surface area (Å²) in [4.78, 5) is 4.77. The molecule has 1 aromatic heterocycles. The Labute approximate surface area is 149 Å². The smallest absolute Gasteiger partial charge is 0.112 e. The molecule has 2 N–H and O–H groups in total. The molecule has 2 aromatic carbocycles. The molecule has 0 fully saturated rings. The number of rotatable bonds is 4. The fraction of sp³-hybridized carbons (Fsp3) is 0.278. The normalized spacial score (nSPS) is 10.4. The number of nitrogens with two attached hydrogens (primary N) is 1. The van der Waals surface area contributed by atoms with E-state index >= 15 is 0 Å². The topological polar surface area (TPSA) is 43.8 Å². The first-order chi connectivity index (χ1) is 10.1. The molecule has 3 nitrogen and oxygen atoms in total. The van der Waals surface area contributed by atoms with E-state index < -0.39 is 0 Å². The van der Waals surface area contributed by atoms with Crippen molar-refractivity contribution in [1.29, 1.82) is 0 Å². The fourth-order valence-electron chi connectivity index (χ4n) is 2.73. The Hall–Kier alpha value is -1.71. The Morgan fingerprint density at radius 3 is 2.39 bits per heavy atom. The van der Waals surface area contributed by atoms with Crippen LogP contribution in [0.3, 0.4) is 0 Å². The van der Waals surface area contributed by atoms with Crippen LogP contribution in [-0.4, -0.2) is 9.55 Å². The lowest BCUT2D eigenvalue weighted by atomic mass is 10.1. The van der Waals surface area contributed by atoms with Crippen LogP contribution in [0.15, 0.2) is 48.5 Å².